The smallest absolute Gasteiger partial charge is 0.404 e. The number of hydrogen-bond acceptors (Lipinski definition) is 3. The first-order chi connectivity index (χ1) is 8.50. The number of carbonyl (C=O) groups excluding carboxylic acids is 1. The van der Waals surface area contributed by atoms with E-state index in [1.807, 2.05) is 5.32 Å². The molecule has 5 nitrogen and oxygen atoms in total. The molecule has 0 saturated carbocycles. The van der Waals surface area contributed by atoms with Crippen LogP contribution in [-0.2, 0) is 11.3 Å². The van der Waals surface area contributed by atoms with Gasteiger partial charge in [0.15, 0.2) is 0 Å². The van der Waals surface area contributed by atoms with Gasteiger partial charge in [0.05, 0.1) is 12.1 Å². The lowest BCUT2D eigenvalue weighted by Gasteiger charge is -2.13. The Morgan fingerprint density at radius 1 is 1.61 bits per heavy atom. The van der Waals surface area contributed by atoms with Crippen LogP contribution < -0.4 is 5.32 Å². The number of carboxylic acid groups (broad SMARTS) is 1. The third-order valence-electron chi connectivity index (χ3n) is 2.98. The molecule has 2 rings (SSSR count). The van der Waals surface area contributed by atoms with Crippen LogP contribution in [0, 0.1) is 6.92 Å². The van der Waals surface area contributed by atoms with Crippen molar-refractivity contribution in [2.75, 3.05) is 6.54 Å². The number of amides is 1. The van der Waals surface area contributed by atoms with Crippen molar-refractivity contribution in [3.05, 3.63) is 34.4 Å². The van der Waals surface area contributed by atoms with Gasteiger partial charge in [-0.05, 0) is 24.1 Å². The van der Waals surface area contributed by atoms with E-state index < -0.39 is 18.2 Å². The normalized spacial score (nSPS) is 14.9. The molecular formula is C12H12FNO4. The summed E-state index contributed by atoms with van der Waals surface area (Å²) < 4.78 is 18.7. The number of carbonyl (C=O) groups is 2. The molecule has 0 unspecified atom stereocenters. The SMILES string of the molecule is Cc1c([C@@H](F)CNC(=O)O)ccc2c1COC2=O. The maximum atomic E-state index is 13.9. The van der Waals surface area contributed by atoms with Crippen LogP contribution in [0.3, 0.4) is 0 Å². The van der Waals surface area contributed by atoms with Gasteiger partial charge in [0, 0.05) is 5.56 Å². The highest BCUT2D eigenvalue weighted by molar-refractivity contribution is 5.93. The molecule has 0 spiro atoms. The van der Waals surface area contributed by atoms with E-state index >= 15 is 0 Å². The van der Waals surface area contributed by atoms with Crippen molar-refractivity contribution >= 4 is 12.1 Å². The van der Waals surface area contributed by atoms with Gasteiger partial charge in [-0.15, -0.1) is 0 Å². The summed E-state index contributed by atoms with van der Waals surface area (Å²) in [4.78, 5) is 21.6. The zero-order chi connectivity index (χ0) is 13.3. The third-order valence-corrected chi connectivity index (χ3v) is 2.98. The van der Waals surface area contributed by atoms with Crippen molar-refractivity contribution in [2.45, 2.75) is 19.7 Å². The molecule has 18 heavy (non-hydrogen) atoms. The molecule has 1 aliphatic heterocycles. The Hall–Kier alpha value is -2.11. The monoisotopic (exact) mass is 253 g/mol. The van der Waals surface area contributed by atoms with Gasteiger partial charge in [-0.1, -0.05) is 6.07 Å². The number of alkyl halides is 1. The molecule has 1 amide bonds. The zero-order valence-electron chi connectivity index (χ0n) is 9.70. The predicted octanol–water partition coefficient (Wildman–Crippen LogP) is 1.94. The summed E-state index contributed by atoms with van der Waals surface area (Å²) >= 11 is 0. The van der Waals surface area contributed by atoms with Gasteiger partial charge in [0.2, 0.25) is 0 Å². The van der Waals surface area contributed by atoms with Crippen LogP contribution in [0.5, 0.6) is 0 Å². The average molecular weight is 253 g/mol. The summed E-state index contributed by atoms with van der Waals surface area (Å²) in [5, 5.41) is 10.4. The van der Waals surface area contributed by atoms with Gasteiger partial charge in [-0.3, -0.25) is 0 Å². The van der Waals surface area contributed by atoms with Crippen LogP contribution >= 0.6 is 0 Å². The molecule has 0 radical (unpaired) electrons. The van der Waals surface area contributed by atoms with E-state index in [4.69, 9.17) is 9.84 Å². The highest BCUT2D eigenvalue weighted by Gasteiger charge is 2.26. The Morgan fingerprint density at radius 3 is 3.00 bits per heavy atom. The molecule has 1 heterocycles. The largest absolute Gasteiger partial charge is 0.465 e. The van der Waals surface area contributed by atoms with Gasteiger partial charge < -0.3 is 15.2 Å². The molecule has 96 valence electrons. The summed E-state index contributed by atoms with van der Waals surface area (Å²) in [6.07, 6.45) is -2.71. The number of nitrogens with one attached hydrogen (secondary N) is 1. The lowest BCUT2D eigenvalue weighted by molar-refractivity contribution is 0.0535. The topological polar surface area (TPSA) is 75.6 Å². The fraction of sp³-hybridized carbons (Fsp3) is 0.333. The van der Waals surface area contributed by atoms with Crippen molar-refractivity contribution in [1.82, 2.24) is 5.32 Å². The number of cyclic esters (lactones) is 1. The quantitative estimate of drug-likeness (QED) is 0.807. The minimum Gasteiger partial charge on any atom is -0.465 e. The Labute approximate surface area is 103 Å². The number of ether oxygens (including phenoxy) is 1. The average Bonchev–Trinajstić information content (AvgIpc) is 2.69. The fourth-order valence-corrected chi connectivity index (χ4v) is 1.99. The van der Waals surface area contributed by atoms with Gasteiger partial charge >= 0.3 is 12.1 Å². The Balaban J connectivity index is 2.25. The van der Waals surface area contributed by atoms with E-state index in [9.17, 15) is 14.0 Å². The maximum Gasteiger partial charge on any atom is 0.404 e. The molecule has 0 aliphatic carbocycles. The van der Waals surface area contributed by atoms with E-state index in [2.05, 4.69) is 0 Å². The number of hydrogen-bond donors (Lipinski definition) is 2. The second kappa shape index (κ2) is 4.64. The Kier molecular flexibility index (Phi) is 3.18. The van der Waals surface area contributed by atoms with E-state index in [0.717, 1.165) is 0 Å². The zero-order valence-corrected chi connectivity index (χ0v) is 9.70. The number of halogens is 1. The van der Waals surface area contributed by atoms with Crippen LogP contribution in [0.1, 0.15) is 33.2 Å². The van der Waals surface area contributed by atoms with E-state index in [0.29, 0.717) is 22.3 Å². The van der Waals surface area contributed by atoms with Gasteiger partial charge in [-0.25, -0.2) is 14.0 Å². The third kappa shape index (κ3) is 2.13. The Morgan fingerprint density at radius 2 is 2.33 bits per heavy atom. The molecule has 0 saturated heterocycles. The van der Waals surface area contributed by atoms with Crippen molar-refractivity contribution in [3.63, 3.8) is 0 Å². The highest BCUT2D eigenvalue weighted by atomic mass is 19.1. The summed E-state index contributed by atoms with van der Waals surface area (Å²) in [6, 6.07) is 3.01. The number of rotatable bonds is 3. The highest BCUT2D eigenvalue weighted by Crippen LogP contribution is 2.30. The molecule has 0 bridgehead atoms. The second-order valence-electron chi connectivity index (χ2n) is 4.04. The van der Waals surface area contributed by atoms with Crippen LogP contribution in [-0.4, -0.2) is 23.7 Å². The van der Waals surface area contributed by atoms with E-state index in [-0.39, 0.29) is 13.2 Å². The van der Waals surface area contributed by atoms with Crippen molar-refractivity contribution in [3.8, 4) is 0 Å². The number of fused-ring (bicyclic) bond motifs is 1. The molecule has 1 aromatic rings. The second-order valence-corrected chi connectivity index (χ2v) is 4.04. The summed E-state index contributed by atoms with van der Waals surface area (Å²) in [7, 11) is 0. The Bertz CT molecular complexity index is 515. The first kappa shape index (κ1) is 12.3. The van der Waals surface area contributed by atoms with Crippen molar-refractivity contribution < 1.29 is 23.8 Å². The standard InChI is InChI=1S/C12H12FNO4/c1-6-7(10(13)4-14-12(16)17)2-3-8-9(6)5-18-11(8)15/h2-3,10,14H,4-5H2,1H3,(H,16,17)/t10-/m0/s1. The van der Waals surface area contributed by atoms with Gasteiger partial charge in [0.25, 0.3) is 0 Å². The van der Waals surface area contributed by atoms with E-state index in [1.165, 1.54) is 12.1 Å². The molecule has 1 atom stereocenters. The van der Waals surface area contributed by atoms with Crippen LogP contribution in [0.15, 0.2) is 12.1 Å². The lowest BCUT2D eigenvalue weighted by Crippen LogP contribution is -2.25. The summed E-state index contributed by atoms with van der Waals surface area (Å²) in [5.41, 5.74) is 2.14. The fourth-order valence-electron chi connectivity index (χ4n) is 1.99. The minimum absolute atomic E-state index is 0.146. The maximum absolute atomic E-state index is 13.9. The minimum atomic E-state index is -1.44. The molecule has 1 aromatic carbocycles. The van der Waals surface area contributed by atoms with Gasteiger partial charge in [0.1, 0.15) is 12.8 Å². The molecule has 6 heteroatoms. The molecule has 2 N–H and O–H groups in total. The van der Waals surface area contributed by atoms with Crippen LogP contribution in [0.2, 0.25) is 0 Å². The lowest BCUT2D eigenvalue weighted by atomic mass is 9.96. The van der Waals surface area contributed by atoms with Crippen LogP contribution in [0.25, 0.3) is 0 Å². The molecule has 0 aromatic heterocycles. The molecule has 1 aliphatic rings. The molecule has 0 fully saturated rings. The number of benzene rings is 1. The van der Waals surface area contributed by atoms with E-state index in [1.54, 1.807) is 6.92 Å². The first-order valence-corrected chi connectivity index (χ1v) is 5.41. The first-order valence-electron chi connectivity index (χ1n) is 5.41. The number of esters is 1. The van der Waals surface area contributed by atoms with Crippen LogP contribution in [0.4, 0.5) is 9.18 Å². The van der Waals surface area contributed by atoms with Gasteiger partial charge in [-0.2, -0.15) is 0 Å². The molecular weight excluding hydrogens is 241 g/mol. The summed E-state index contributed by atoms with van der Waals surface area (Å²) in [5.74, 6) is -0.404. The van der Waals surface area contributed by atoms with Crippen molar-refractivity contribution in [2.24, 2.45) is 0 Å². The van der Waals surface area contributed by atoms with Crippen molar-refractivity contribution in [1.29, 1.82) is 0 Å². The predicted molar refractivity (Wildman–Crippen MR) is 60.2 cm³/mol. The summed E-state index contributed by atoms with van der Waals surface area (Å²) in [6.45, 7) is 1.53.